The molecule has 40 heavy (non-hydrogen) atoms. The van der Waals surface area contributed by atoms with Gasteiger partial charge in [0.2, 0.25) is 0 Å². The van der Waals surface area contributed by atoms with E-state index in [2.05, 4.69) is 0 Å². The van der Waals surface area contributed by atoms with Gasteiger partial charge in [0.05, 0.1) is 13.7 Å². The zero-order chi connectivity index (χ0) is 28.0. The maximum Gasteiger partial charge on any atom is 0.197 e. The summed E-state index contributed by atoms with van der Waals surface area (Å²) < 4.78 is 29.7. The maximum absolute atomic E-state index is 11.2. The lowest BCUT2D eigenvalue weighted by Crippen LogP contribution is -2.61. The lowest BCUT2D eigenvalue weighted by atomic mass is 9.80. The van der Waals surface area contributed by atoms with E-state index in [1.165, 1.54) is 7.11 Å². The quantitative estimate of drug-likeness (QED) is 0.285. The van der Waals surface area contributed by atoms with Crippen molar-refractivity contribution in [3.05, 3.63) is 132 Å². The van der Waals surface area contributed by atoms with Crippen LogP contribution in [0.5, 0.6) is 11.5 Å². The van der Waals surface area contributed by atoms with E-state index in [0.717, 1.165) is 16.7 Å². The smallest absolute Gasteiger partial charge is 0.197 e. The Morgan fingerprint density at radius 1 is 0.650 bits per heavy atom. The summed E-state index contributed by atoms with van der Waals surface area (Å²) in [5, 5.41) is 22.3. The summed E-state index contributed by atoms with van der Waals surface area (Å²) in [7, 11) is 3.05. The van der Waals surface area contributed by atoms with E-state index in [1.807, 2.05) is 91.0 Å². The van der Waals surface area contributed by atoms with Gasteiger partial charge >= 0.3 is 0 Å². The van der Waals surface area contributed by atoms with E-state index in [9.17, 15) is 10.2 Å². The Kier molecular flexibility index (Phi) is 8.79. The summed E-state index contributed by atoms with van der Waals surface area (Å²) in [6.45, 7) is -0.0357. The lowest BCUT2D eigenvalue weighted by Gasteiger charge is -2.43. The molecule has 1 fully saturated rings. The van der Waals surface area contributed by atoms with Crippen molar-refractivity contribution >= 4 is 0 Å². The molecule has 0 aliphatic carbocycles. The molecule has 1 heterocycles. The highest BCUT2D eigenvalue weighted by atomic mass is 16.7. The Morgan fingerprint density at radius 3 is 1.57 bits per heavy atom. The van der Waals surface area contributed by atoms with Crippen molar-refractivity contribution in [3.63, 3.8) is 0 Å². The van der Waals surface area contributed by atoms with Gasteiger partial charge in [0, 0.05) is 7.11 Å². The molecule has 208 valence electrons. The highest BCUT2D eigenvalue weighted by Crippen LogP contribution is 2.41. The summed E-state index contributed by atoms with van der Waals surface area (Å²) in [6.07, 6.45) is -5.41. The van der Waals surface area contributed by atoms with E-state index in [-0.39, 0.29) is 6.61 Å². The van der Waals surface area contributed by atoms with Crippen LogP contribution in [0.25, 0.3) is 0 Å². The minimum absolute atomic E-state index is 0.0357. The molecule has 1 aliphatic heterocycles. The SMILES string of the molecule is COc1ccc(O[C@H]2[C@@H](OC)O[C@H](COC(c3ccccc3)(c3ccccc3)c3ccccc3)[C@@H](O)[C@@H]2O)cc1. The van der Waals surface area contributed by atoms with Gasteiger partial charge < -0.3 is 33.9 Å². The molecule has 4 aromatic carbocycles. The van der Waals surface area contributed by atoms with E-state index < -0.39 is 36.3 Å². The summed E-state index contributed by atoms with van der Waals surface area (Å²) >= 11 is 0. The van der Waals surface area contributed by atoms with Crippen molar-refractivity contribution in [1.29, 1.82) is 0 Å². The molecule has 0 saturated carbocycles. The molecule has 0 radical (unpaired) electrons. The van der Waals surface area contributed by atoms with Gasteiger partial charge in [-0.1, -0.05) is 91.0 Å². The largest absolute Gasteiger partial charge is 0.497 e. The average Bonchev–Trinajstić information content (AvgIpc) is 3.02. The van der Waals surface area contributed by atoms with Crippen LogP contribution in [0.2, 0.25) is 0 Å². The highest BCUT2D eigenvalue weighted by Gasteiger charge is 2.48. The van der Waals surface area contributed by atoms with Gasteiger partial charge in [0.1, 0.15) is 35.4 Å². The van der Waals surface area contributed by atoms with Crippen LogP contribution in [0.1, 0.15) is 16.7 Å². The van der Waals surface area contributed by atoms with Crippen molar-refractivity contribution in [3.8, 4) is 11.5 Å². The first-order chi connectivity index (χ1) is 19.6. The van der Waals surface area contributed by atoms with Crippen LogP contribution in [-0.2, 0) is 19.8 Å². The Labute approximate surface area is 234 Å². The first-order valence-corrected chi connectivity index (χ1v) is 13.2. The van der Waals surface area contributed by atoms with Crippen LogP contribution in [0.3, 0.4) is 0 Å². The maximum atomic E-state index is 11.2. The molecule has 4 aromatic rings. The molecule has 0 spiro atoms. The third-order valence-corrected chi connectivity index (χ3v) is 7.21. The Balaban J connectivity index is 1.43. The standard InChI is InChI=1S/C33H34O7/c1-36-26-18-20-27(21-19-26)39-31-30(35)29(34)28(40-32(31)37-2)22-38-33(23-12-6-3-7-13-23,24-14-8-4-9-15-24)25-16-10-5-11-17-25/h3-21,28-32,34-35H,22H2,1-2H3/t28-,29-,30+,31-,32+/m1/s1. The molecule has 0 unspecified atom stereocenters. The van der Waals surface area contributed by atoms with Gasteiger partial charge in [-0.15, -0.1) is 0 Å². The predicted molar refractivity (Wildman–Crippen MR) is 150 cm³/mol. The molecule has 0 aromatic heterocycles. The molecule has 1 aliphatic rings. The Hall–Kier alpha value is -3.72. The number of hydrogen-bond acceptors (Lipinski definition) is 7. The first kappa shape index (κ1) is 27.8. The van der Waals surface area contributed by atoms with E-state index in [1.54, 1.807) is 31.4 Å². The highest BCUT2D eigenvalue weighted by molar-refractivity contribution is 5.47. The van der Waals surface area contributed by atoms with Crippen molar-refractivity contribution in [1.82, 2.24) is 0 Å². The third kappa shape index (κ3) is 5.61. The Morgan fingerprint density at radius 2 is 1.12 bits per heavy atom. The van der Waals surface area contributed by atoms with E-state index in [0.29, 0.717) is 11.5 Å². The van der Waals surface area contributed by atoms with E-state index in [4.69, 9.17) is 23.7 Å². The normalized spacial score (nSPS) is 22.9. The number of ether oxygens (including phenoxy) is 5. The number of aliphatic hydroxyl groups is 2. The molecule has 0 bridgehead atoms. The van der Waals surface area contributed by atoms with Crippen molar-refractivity contribution < 1.29 is 33.9 Å². The fourth-order valence-corrected chi connectivity index (χ4v) is 5.15. The second-order valence-corrected chi connectivity index (χ2v) is 9.61. The zero-order valence-electron chi connectivity index (χ0n) is 22.5. The van der Waals surface area contributed by atoms with Crippen LogP contribution in [0, 0.1) is 0 Å². The van der Waals surface area contributed by atoms with Crippen LogP contribution >= 0.6 is 0 Å². The minimum Gasteiger partial charge on any atom is -0.497 e. The number of aliphatic hydroxyl groups excluding tert-OH is 2. The van der Waals surface area contributed by atoms with Crippen LogP contribution in [0.15, 0.2) is 115 Å². The monoisotopic (exact) mass is 542 g/mol. The molecule has 0 amide bonds. The number of rotatable bonds is 10. The first-order valence-electron chi connectivity index (χ1n) is 13.2. The summed E-state index contributed by atoms with van der Waals surface area (Å²) in [6, 6.07) is 36.7. The second kappa shape index (κ2) is 12.6. The molecule has 7 nitrogen and oxygen atoms in total. The van der Waals surface area contributed by atoms with Gasteiger partial charge in [-0.05, 0) is 41.0 Å². The summed E-state index contributed by atoms with van der Waals surface area (Å²) in [4.78, 5) is 0. The zero-order valence-corrected chi connectivity index (χ0v) is 22.5. The molecular formula is C33H34O7. The molecule has 5 rings (SSSR count). The van der Waals surface area contributed by atoms with Crippen molar-refractivity contribution in [2.24, 2.45) is 0 Å². The van der Waals surface area contributed by atoms with Gasteiger partial charge in [-0.25, -0.2) is 0 Å². The van der Waals surface area contributed by atoms with Crippen molar-refractivity contribution in [2.45, 2.75) is 36.3 Å². The number of benzene rings is 4. The van der Waals surface area contributed by atoms with E-state index >= 15 is 0 Å². The number of methoxy groups -OCH3 is 2. The van der Waals surface area contributed by atoms with Crippen molar-refractivity contribution in [2.75, 3.05) is 20.8 Å². The fraction of sp³-hybridized carbons (Fsp3) is 0.273. The summed E-state index contributed by atoms with van der Waals surface area (Å²) in [5.41, 5.74) is 1.75. The van der Waals surface area contributed by atoms with Gasteiger partial charge in [0.25, 0.3) is 0 Å². The molecule has 1 saturated heterocycles. The topological polar surface area (TPSA) is 86.6 Å². The lowest BCUT2D eigenvalue weighted by molar-refractivity contribution is -0.293. The van der Waals surface area contributed by atoms with Crippen LogP contribution in [-0.4, -0.2) is 61.7 Å². The number of hydrogen-bond donors (Lipinski definition) is 2. The minimum atomic E-state index is -1.30. The van der Waals surface area contributed by atoms with Crippen LogP contribution < -0.4 is 9.47 Å². The summed E-state index contributed by atoms with van der Waals surface area (Å²) in [5.74, 6) is 1.15. The second-order valence-electron chi connectivity index (χ2n) is 9.61. The van der Waals surface area contributed by atoms with Gasteiger partial charge in [-0.2, -0.15) is 0 Å². The molecule has 2 N–H and O–H groups in total. The molecule has 7 heteroatoms. The predicted octanol–water partition coefficient (Wildman–Crippen LogP) is 4.54. The fourth-order valence-electron chi connectivity index (χ4n) is 5.15. The molecule has 5 atom stereocenters. The average molecular weight is 543 g/mol. The van der Waals surface area contributed by atoms with Gasteiger partial charge in [-0.3, -0.25) is 0 Å². The Bertz CT molecular complexity index is 1220. The third-order valence-electron chi connectivity index (χ3n) is 7.21. The van der Waals surface area contributed by atoms with Crippen LogP contribution in [0.4, 0.5) is 0 Å². The van der Waals surface area contributed by atoms with Gasteiger partial charge in [0.15, 0.2) is 12.4 Å². The molecular weight excluding hydrogens is 508 g/mol.